The van der Waals surface area contributed by atoms with E-state index in [0.29, 0.717) is 12.8 Å². The average molecular weight is 224 g/mol. The van der Waals surface area contributed by atoms with Crippen molar-refractivity contribution in [2.75, 3.05) is 0 Å². The molecule has 0 aliphatic rings. The Kier molecular flexibility index (Phi) is 4.12. The summed E-state index contributed by atoms with van der Waals surface area (Å²) in [5.74, 6) is 0.615. The number of carbonyl (C=O) groups is 1. The number of hydrogen-bond donors (Lipinski definition) is 2. The summed E-state index contributed by atoms with van der Waals surface area (Å²) in [6, 6.07) is 3.48. The van der Waals surface area contributed by atoms with Gasteiger partial charge in [-0.1, -0.05) is 13.8 Å². The van der Waals surface area contributed by atoms with E-state index in [2.05, 4.69) is 5.32 Å². The van der Waals surface area contributed by atoms with Crippen LogP contribution < -0.4 is 11.1 Å². The zero-order valence-electron chi connectivity index (χ0n) is 10.1. The molecule has 0 aromatic carbocycles. The number of nitrogens with one attached hydrogen (secondary N) is 1. The SMILES string of the molecule is CCC(N)(CC)C(=O)N[C@H](C)c1ccco1. The van der Waals surface area contributed by atoms with Crippen LogP contribution >= 0.6 is 0 Å². The molecule has 1 aromatic heterocycles. The predicted molar refractivity (Wildman–Crippen MR) is 62.8 cm³/mol. The third kappa shape index (κ3) is 2.64. The monoisotopic (exact) mass is 224 g/mol. The molecule has 4 heteroatoms. The summed E-state index contributed by atoms with van der Waals surface area (Å²) in [7, 11) is 0. The van der Waals surface area contributed by atoms with Gasteiger partial charge >= 0.3 is 0 Å². The lowest BCUT2D eigenvalue weighted by atomic mass is 9.93. The van der Waals surface area contributed by atoms with Crippen LogP contribution in [-0.2, 0) is 4.79 Å². The average Bonchev–Trinajstić information content (AvgIpc) is 2.81. The predicted octanol–water partition coefficient (Wildman–Crippen LogP) is 1.97. The Hall–Kier alpha value is -1.29. The molecule has 1 atom stereocenters. The van der Waals surface area contributed by atoms with Crippen LogP contribution in [0, 0.1) is 0 Å². The van der Waals surface area contributed by atoms with E-state index in [4.69, 9.17) is 10.2 Å². The Labute approximate surface area is 96.2 Å². The maximum absolute atomic E-state index is 12.0. The van der Waals surface area contributed by atoms with Gasteiger partial charge in [-0.05, 0) is 31.9 Å². The molecule has 0 bridgehead atoms. The topological polar surface area (TPSA) is 68.3 Å². The van der Waals surface area contributed by atoms with Gasteiger partial charge in [-0.2, -0.15) is 0 Å². The normalized spacial score (nSPS) is 13.5. The first-order valence-corrected chi connectivity index (χ1v) is 5.66. The number of hydrogen-bond acceptors (Lipinski definition) is 3. The summed E-state index contributed by atoms with van der Waals surface area (Å²) in [5.41, 5.74) is 5.22. The van der Waals surface area contributed by atoms with E-state index < -0.39 is 5.54 Å². The fourth-order valence-corrected chi connectivity index (χ4v) is 1.52. The van der Waals surface area contributed by atoms with E-state index in [0.717, 1.165) is 5.76 Å². The lowest BCUT2D eigenvalue weighted by Crippen LogP contribution is -2.53. The Balaban J connectivity index is 2.64. The number of carbonyl (C=O) groups excluding carboxylic acids is 1. The Morgan fingerprint density at radius 1 is 1.56 bits per heavy atom. The van der Waals surface area contributed by atoms with Crippen LogP contribution in [0.2, 0.25) is 0 Å². The Morgan fingerprint density at radius 3 is 2.62 bits per heavy atom. The van der Waals surface area contributed by atoms with Gasteiger partial charge in [-0.3, -0.25) is 4.79 Å². The zero-order valence-corrected chi connectivity index (χ0v) is 10.1. The minimum Gasteiger partial charge on any atom is -0.467 e. The van der Waals surface area contributed by atoms with Crippen molar-refractivity contribution in [3.05, 3.63) is 24.2 Å². The Bertz CT molecular complexity index is 329. The van der Waals surface area contributed by atoms with Crippen LogP contribution in [0.3, 0.4) is 0 Å². The van der Waals surface area contributed by atoms with Gasteiger partial charge in [0.2, 0.25) is 5.91 Å². The van der Waals surface area contributed by atoms with Gasteiger partial charge in [0, 0.05) is 0 Å². The van der Waals surface area contributed by atoms with Crippen LogP contribution in [0.4, 0.5) is 0 Å². The molecule has 0 aliphatic carbocycles. The van der Waals surface area contributed by atoms with E-state index in [1.54, 1.807) is 12.3 Å². The summed E-state index contributed by atoms with van der Waals surface area (Å²) in [6.07, 6.45) is 2.84. The second-order valence-electron chi connectivity index (χ2n) is 4.07. The molecule has 0 radical (unpaired) electrons. The summed E-state index contributed by atoms with van der Waals surface area (Å²) in [4.78, 5) is 12.0. The maximum atomic E-state index is 12.0. The highest BCUT2D eigenvalue weighted by molar-refractivity contribution is 5.86. The summed E-state index contributed by atoms with van der Waals surface area (Å²) in [5, 5.41) is 2.87. The first-order valence-electron chi connectivity index (χ1n) is 5.66. The van der Waals surface area contributed by atoms with Crippen molar-refractivity contribution in [3.63, 3.8) is 0 Å². The largest absolute Gasteiger partial charge is 0.467 e. The van der Waals surface area contributed by atoms with E-state index in [9.17, 15) is 4.79 Å². The van der Waals surface area contributed by atoms with Crippen molar-refractivity contribution in [1.82, 2.24) is 5.32 Å². The second-order valence-corrected chi connectivity index (χ2v) is 4.07. The van der Waals surface area contributed by atoms with Crippen molar-refractivity contribution in [1.29, 1.82) is 0 Å². The van der Waals surface area contributed by atoms with Crippen LogP contribution in [0.15, 0.2) is 22.8 Å². The minimum atomic E-state index is -0.777. The highest BCUT2D eigenvalue weighted by atomic mass is 16.3. The molecule has 0 fully saturated rings. The third-order valence-electron chi connectivity index (χ3n) is 3.03. The van der Waals surface area contributed by atoms with Crippen molar-refractivity contribution < 1.29 is 9.21 Å². The molecule has 0 spiro atoms. The van der Waals surface area contributed by atoms with Crippen molar-refractivity contribution in [3.8, 4) is 0 Å². The molecule has 3 N–H and O–H groups in total. The molecule has 1 rings (SSSR count). The molecular formula is C12H20N2O2. The second kappa shape index (κ2) is 5.16. The van der Waals surface area contributed by atoms with Gasteiger partial charge in [-0.15, -0.1) is 0 Å². The van der Waals surface area contributed by atoms with E-state index >= 15 is 0 Å². The van der Waals surface area contributed by atoms with Gasteiger partial charge in [-0.25, -0.2) is 0 Å². The lowest BCUT2D eigenvalue weighted by molar-refractivity contribution is -0.127. The van der Waals surface area contributed by atoms with Crippen LogP contribution in [0.5, 0.6) is 0 Å². The maximum Gasteiger partial charge on any atom is 0.240 e. The van der Waals surface area contributed by atoms with Gasteiger partial charge < -0.3 is 15.5 Å². The minimum absolute atomic E-state index is 0.124. The molecule has 0 saturated carbocycles. The smallest absolute Gasteiger partial charge is 0.240 e. The number of amides is 1. The van der Waals surface area contributed by atoms with Crippen LogP contribution in [0.25, 0.3) is 0 Å². The van der Waals surface area contributed by atoms with Gasteiger partial charge in [0.15, 0.2) is 0 Å². The molecular weight excluding hydrogens is 204 g/mol. The van der Waals surface area contributed by atoms with E-state index in [-0.39, 0.29) is 11.9 Å². The molecule has 90 valence electrons. The van der Waals surface area contributed by atoms with Crippen molar-refractivity contribution in [2.45, 2.75) is 45.2 Å². The fraction of sp³-hybridized carbons (Fsp3) is 0.583. The van der Waals surface area contributed by atoms with Crippen molar-refractivity contribution in [2.24, 2.45) is 5.73 Å². The number of furan rings is 1. The summed E-state index contributed by atoms with van der Waals surface area (Å²) >= 11 is 0. The summed E-state index contributed by atoms with van der Waals surface area (Å²) < 4.78 is 5.22. The number of nitrogens with two attached hydrogens (primary N) is 1. The molecule has 1 aromatic rings. The van der Waals surface area contributed by atoms with E-state index in [1.165, 1.54) is 0 Å². The molecule has 0 aliphatic heterocycles. The zero-order chi connectivity index (χ0) is 12.2. The molecule has 0 saturated heterocycles. The summed E-state index contributed by atoms with van der Waals surface area (Å²) in [6.45, 7) is 5.71. The fourth-order valence-electron chi connectivity index (χ4n) is 1.52. The first-order chi connectivity index (χ1) is 7.53. The van der Waals surface area contributed by atoms with Gasteiger partial charge in [0.05, 0.1) is 17.8 Å². The highest BCUT2D eigenvalue weighted by Crippen LogP contribution is 2.16. The molecule has 1 heterocycles. The van der Waals surface area contributed by atoms with Crippen LogP contribution in [0.1, 0.15) is 45.4 Å². The Morgan fingerprint density at radius 2 is 2.19 bits per heavy atom. The first kappa shape index (κ1) is 12.8. The molecule has 4 nitrogen and oxygen atoms in total. The van der Waals surface area contributed by atoms with Crippen molar-refractivity contribution >= 4 is 5.91 Å². The van der Waals surface area contributed by atoms with E-state index in [1.807, 2.05) is 26.8 Å². The number of rotatable bonds is 5. The molecule has 16 heavy (non-hydrogen) atoms. The molecule has 1 amide bonds. The third-order valence-corrected chi connectivity index (χ3v) is 3.03. The van der Waals surface area contributed by atoms with Gasteiger partial charge in [0.25, 0.3) is 0 Å². The molecule has 0 unspecified atom stereocenters. The van der Waals surface area contributed by atoms with Crippen LogP contribution in [-0.4, -0.2) is 11.4 Å². The quantitative estimate of drug-likeness (QED) is 0.803. The standard InChI is InChI=1S/C12H20N2O2/c1-4-12(13,5-2)11(15)14-9(3)10-7-6-8-16-10/h6-9H,4-5,13H2,1-3H3,(H,14,15)/t9-/m1/s1. The lowest BCUT2D eigenvalue weighted by Gasteiger charge is -2.26. The highest BCUT2D eigenvalue weighted by Gasteiger charge is 2.31. The van der Waals surface area contributed by atoms with Gasteiger partial charge in [0.1, 0.15) is 5.76 Å².